The minimum Gasteiger partial charge on any atom is -0.454 e. The van der Waals surface area contributed by atoms with Gasteiger partial charge in [0.25, 0.3) is 0 Å². The Bertz CT molecular complexity index is 1430. The highest BCUT2D eigenvalue weighted by molar-refractivity contribution is 7.90. The molecule has 0 saturated heterocycles. The lowest BCUT2D eigenvalue weighted by Gasteiger charge is -2.07. The molecule has 1 aliphatic rings. The van der Waals surface area contributed by atoms with Crippen molar-refractivity contribution >= 4 is 26.7 Å². The maximum absolute atomic E-state index is 13.7. The van der Waals surface area contributed by atoms with Crippen LogP contribution in [-0.2, 0) is 9.84 Å². The van der Waals surface area contributed by atoms with Crippen LogP contribution in [0.3, 0.4) is 0 Å². The van der Waals surface area contributed by atoms with E-state index in [1.54, 1.807) is 24.3 Å². The topological polar surface area (TPSA) is 122 Å². The predicted octanol–water partition coefficient (Wildman–Crippen LogP) is 2.34. The zero-order valence-corrected chi connectivity index (χ0v) is 16.4. The first-order valence-electron chi connectivity index (χ1n) is 8.73. The van der Waals surface area contributed by atoms with Gasteiger partial charge in [0.2, 0.25) is 21.8 Å². The number of nitrogens with zero attached hydrogens (tertiary/aromatic N) is 4. The fourth-order valence-electron chi connectivity index (χ4n) is 3.21. The third-order valence-electron chi connectivity index (χ3n) is 4.58. The molecule has 0 atom stereocenters. The van der Waals surface area contributed by atoms with Crippen molar-refractivity contribution in [2.75, 3.05) is 18.8 Å². The maximum atomic E-state index is 13.7. The lowest BCUT2D eigenvalue weighted by Crippen LogP contribution is -2.05. The number of anilines is 1. The first-order valence-corrected chi connectivity index (χ1v) is 10.6. The summed E-state index contributed by atoms with van der Waals surface area (Å²) < 4.78 is 50.1. The van der Waals surface area contributed by atoms with Crippen LogP contribution >= 0.6 is 0 Å². The van der Waals surface area contributed by atoms with Gasteiger partial charge in [0, 0.05) is 11.8 Å². The van der Waals surface area contributed by atoms with Crippen LogP contribution in [-0.4, -0.2) is 41.2 Å². The molecule has 0 fully saturated rings. The van der Waals surface area contributed by atoms with Crippen molar-refractivity contribution in [1.29, 1.82) is 0 Å². The number of aromatic nitrogens is 4. The molecule has 0 aliphatic carbocycles. The molecule has 9 nitrogen and oxygen atoms in total. The molecule has 4 aromatic rings. The van der Waals surface area contributed by atoms with Crippen molar-refractivity contribution in [3.05, 3.63) is 48.3 Å². The molecule has 0 saturated carbocycles. The van der Waals surface area contributed by atoms with E-state index in [1.165, 1.54) is 22.9 Å². The summed E-state index contributed by atoms with van der Waals surface area (Å²) in [5.74, 6) is 0.737. The Morgan fingerprint density at radius 2 is 1.90 bits per heavy atom. The second-order valence-corrected chi connectivity index (χ2v) is 8.58. The third kappa shape index (κ3) is 2.90. The van der Waals surface area contributed by atoms with Crippen LogP contribution in [0, 0.1) is 5.82 Å². The van der Waals surface area contributed by atoms with Crippen molar-refractivity contribution in [2.24, 2.45) is 0 Å². The number of sulfone groups is 1. The van der Waals surface area contributed by atoms with E-state index in [4.69, 9.17) is 15.2 Å². The molecule has 1 aliphatic heterocycles. The van der Waals surface area contributed by atoms with Crippen molar-refractivity contribution in [1.82, 2.24) is 19.7 Å². The minimum atomic E-state index is -3.74. The molecule has 30 heavy (non-hydrogen) atoms. The molecular formula is C19H14FN5O4S. The van der Waals surface area contributed by atoms with Crippen molar-refractivity contribution in [2.45, 2.75) is 5.16 Å². The van der Waals surface area contributed by atoms with Gasteiger partial charge in [-0.25, -0.2) is 22.5 Å². The molecule has 0 radical (unpaired) electrons. The summed E-state index contributed by atoms with van der Waals surface area (Å²) in [6.45, 7) is 0.0895. The summed E-state index contributed by atoms with van der Waals surface area (Å²) in [5, 5.41) is 4.25. The van der Waals surface area contributed by atoms with E-state index in [0.717, 1.165) is 6.26 Å². The first kappa shape index (κ1) is 18.3. The Morgan fingerprint density at radius 3 is 2.67 bits per heavy atom. The molecule has 2 aromatic heterocycles. The highest BCUT2D eigenvalue weighted by Crippen LogP contribution is 2.39. The lowest BCUT2D eigenvalue weighted by molar-refractivity contribution is 0.174. The van der Waals surface area contributed by atoms with Gasteiger partial charge in [-0.1, -0.05) is 6.07 Å². The highest BCUT2D eigenvalue weighted by atomic mass is 32.2. The number of nitrogens with two attached hydrogens (primary N) is 1. The summed E-state index contributed by atoms with van der Waals surface area (Å²) in [4.78, 5) is 8.32. The molecule has 3 heterocycles. The number of nitrogen functional groups attached to an aromatic ring is 1. The Kier molecular flexibility index (Phi) is 3.90. The molecule has 0 bridgehead atoms. The van der Waals surface area contributed by atoms with Crippen molar-refractivity contribution in [3.63, 3.8) is 0 Å². The fraction of sp³-hybridized carbons (Fsp3) is 0.105. The van der Waals surface area contributed by atoms with E-state index in [9.17, 15) is 12.8 Å². The van der Waals surface area contributed by atoms with Crippen LogP contribution in [0.4, 0.5) is 10.2 Å². The van der Waals surface area contributed by atoms with Crippen LogP contribution in [0.25, 0.3) is 28.0 Å². The van der Waals surface area contributed by atoms with Crippen molar-refractivity contribution in [3.8, 4) is 28.4 Å². The lowest BCUT2D eigenvalue weighted by atomic mass is 10.1. The Labute approximate surface area is 169 Å². The predicted molar refractivity (Wildman–Crippen MR) is 106 cm³/mol. The molecule has 11 heteroatoms. The fourth-order valence-corrected chi connectivity index (χ4v) is 3.72. The maximum Gasteiger partial charge on any atom is 0.249 e. The average Bonchev–Trinajstić information content (AvgIpc) is 3.30. The number of fused-ring (bicyclic) bond motifs is 2. The molecule has 2 N–H and O–H groups in total. The standard InChI is InChI=1S/C19H14FN5O4S/c1-30(26,27)19-22-16(10-5-6-13-14(7-10)29-9-28-13)15-17(21)25(24-18(15)23-19)12-4-2-3-11(20)8-12/h2-8H,9,21H2,1H3. The van der Waals surface area contributed by atoms with Crippen LogP contribution in [0.2, 0.25) is 0 Å². The third-order valence-corrected chi connectivity index (χ3v) is 5.42. The summed E-state index contributed by atoms with van der Waals surface area (Å²) >= 11 is 0. The molecule has 5 rings (SSSR count). The number of hydrogen-bond acceptors (Lipinski definition) is 8. The van der Waals surface area contributed by atoms with E-state index < -0.39 is 20.8 Å². The van der Waals surface area contributed by atoms with Gasteiger partial charge in [0.05, 0.1) is 16.8 Å². The van der Waals surface area contributed by atoms with Crippen molar-refractivity contribution < 1.29 is 22.3 Å². The number of rotatable bonds is 3. The van der Waals surface area contributed by atoms with Crippen LogP contribution < -0.4 is 15.2 Å². The van der Waals surface area contributed by atoms with Gasteiger partial charge in [-0.05, 0) is 36.4 Å². The van der Waals surface area contributed by atoms with Gasteiger partial charge in [0.1, 0.15) is 11.6 Å². The van der Waals surface area contributed by atoms with E-state index in [-0.39, 0.29) is 24.0 Å². The second-order valence-electron chi connectivity index (χ2n) is 6.67. The summed E-state index contributed by atoms with van der Waals surface area (Å²) in [6, 6.07) is 10.8. The number of hydrogen-bond donors (Lipinski definition) is 1. The summed E-state index contributed by atoms with van der Waals surface area (Å²) in [7, 11) is -3.74. The minimum absolute atomic E-state index is 0.0693. The van der Waals surface area contributed by atoms with Gasteiger partial charge in [-0.15, -0.1) is 5.10 Å². The monoisotopic (exact) mass is 427 g/mol. The zero-order chi connectivity index (χ0) is 21.0. The van der Waals surface area contributed by atoms with E-state index in [0.29, 0.717) is 28.1 Å². The molecule has 0 spiro atoms. The van der Waals surface area contributed by atoms with Crippen LogP contribution in [0.5, 0.6) is 11.5 Å². The Hall–Kier alpha value is -3.73. The van der Waals surface area contributed by atoms with Crippen LogP contribution in [0.15, 0.2) is 47.6 Å². The second kappa shape index (κ2) is 6.39. The Morgan fingerprint density at radius 1 is 1.10 bits per heavy atom. The summed E-state index contributed by atoms with van der Waals surface area (Å²) in [5.41, 5.74) is 7.56. The van der Waals surface area contributed by atoms with Gasteiger partial charge >= 0.3 is 0 Å². The molecule has 152 valence electrons. The van der Waals surface area contributed by atoms with Gasteiger partial charge in [-0.2, -0.15) is 4.98 Å². The molecule has 2 aromatic carbocycles. The van der Waals surface area contributed by atoms with E-state index in [1.807, 2.05) is 0 Å². The molecular weight excluding hydrogens is 413 g/mol. The Balaban J connectivity index is 1.82. The average molecular weight is 427 g/mol. The highest BCUT2D eigenvalue weighted by Gasteiger charge is 2.24. The van der Waals surface area contributed by atoms with Gasteiger partial charge < -0.3 is 15.2 Å². The quantitative estimate of drug-likeness (QED) is 0.495. The van der Waals surface area contributed by atoms with Gasteiger partial charge in [0.15, 0.2) is 17.1 Å². The van der Waals surface area contributed by atoms with E-state index >= 15 is 0 Å². The smallest absolute Gasteiger partial charge is 0.249 e. The first-order chi connectivity index (χ1) is 14.3. The van der Waals surface area contributed by atoms with E-state index in [2.05, 4.69) is 15.1 Å². The van der Waals surface area contributed by atoms with Gasteiger partial charge in [-0.3, -0.25) is 0 Å². The summed E-state index contributed by atoms with van der Waals surface area (Å²) in [6.07, 6.45) is 1.00. The number of halogens is 1. The SMILES string of the molecule is CS(=O)(=O)c1nc(-c2ccc3c(c2)OCO3)c2c(N)n(-c3cccc(F)c3)nc2n1. The zero-order valence-electron chi connectivity index (χ0n) is 15.5. The molecule has 0 amide bonds. The normalized spacial score (nSPS) is 13.1. The number of ether oxygens (including phenoxy) is 2. The molecule has 0 unspecified atom stereocenters. The van der Waals surface area contributed by atoms with Crippen LogP contribution in [0.1, 0.15) is 0 Å². The number of benzene rings is 2. The largest absolute Gasteiger partial charge is 0.454 e.